The van der Waals surface area contributed by atoms with Crippen molar-refractivity contribution >= 4 is 35.8 Å². The van der Waals surface area contributed by atoms with Gasteiger partial charge in [-0.05, 0) is 62.5 Å². The van der Waals surface area contributed by atoms with Crippen molar-refractivity contribution in [2.75, 3.05) is 31.3 Å². The van der Waals surface area contributed by atoms with Crippen LogP contribution in [-0.2, 0) is 10.3 Å². The van der Waals surface area contributed by atoms with Gasteiger partial charge in [-0.3, -0.25) is 9.48 Å². The fourth-order valence-corrected chi connectivity index (χ4v) is 3.55. The number of nitrogens with one attached hydrogen (secondary N) is 1. The van der Waals surface area contributed by atoms with E-state index in [0.29, 0.717) is 0 Å². The number of hydrogen-bond acceptors (Lipinski definition) is 4. The molecule has 1 amide bonds. The number of carbonyl (C=O) groups excluding carboxylic acids is 1. The summed E-state index contributed by atoms with van der Waals surface area (Å²) < 4.78 is 1.84. The van der Waals surface area contributed by atoms with Crippen molar-refractivity contribution in [1.82, 2.24) is 15.1 Å². The SMILES string of the molecule is CSc1ccc(N(C)C(=O)C2(n3cccn3)CCNCC2)cc1.Cl. The van der Waals surface area contributed by atoms with Crippen molar-refractivity contribution in [2.45, 2.75) is 23.3 Å². The zero-order valence-electron chi connectivity index (χ0n) is 13.9. The van der Waals surface area contributed by atoms with Gasteiger partial charge in [-0.15, -0.1) is 24.2 Å². The molecule has 2 heterocycles. The van der Waals surface area contributed by atoms with Crippen molar-refractivity contribution in [1.29, 1.82) is 0 Å². The molecule has 0 saturated carbocycles. The highest BCUT2D eigenvalue weighted by molar-refractivity contribution is 7.98. The monoisotopic (exact) mass is 366 g/mol. The molecule has 0 radical (unpaired) electrons. The molecule has 1 saturated heterocycles. The Hall–Kier alpha value is -1.50. The van der Waals surface area contributed by atoms with E-state index in [0.717, 1.165) is 31.6 Å². The molecule has 1 aliphatic heterocycles. The molecule has 3 rings (SSSR count). The Bertz CT molecular complexity index is 654. The maximum atomic E-state index is 13.3. The highest BCUT2D eigenvalue weighted by Gasteiger charge is 2.43. The quantitative estimate of drug-likeness (QED) is 0.845. The van der Waals surface area contributed by atoms with E-state index in [2.05, 4.69) is 10.4 Å². The number of carbonyl (C=O) groups is 1. The Morgan fingerprint density at radius 3 is 2.50 bits per heavy atom. The molecule has 1 N–H and O–H groups in total. The summed E-state index contributed by atoms with van der Waals surface area (Å²) in [5.41, 5.74) is 0.319. The van der Waals surface area contributed by atoms with E-state index in [1.807, 2.05) is 54.5 Å². The first-order valence-corrected chi connectivity index (χ1v) is 9.03. The van der Waals surface area contributed by atoms with Gasteiger partial charge in [0.05, 0.1) is 0 Å². The second-order valence-corrected chi connectivity index (χ2v) is 6.67. The zero-order chi connectivity index (χ0) is 16.3. The lowest BCUT2D eigenvalue weighted by Crippen LogP contribution is -2.55. The molecule has 2 aromatic rings. The smallest absolute Gasteiger partial charge is 0.254 e. The molecule has 0 unspecified atom stereocenters. The van der Waals surface area contributed by atoms with Crippen LogP contribution in [0.5, 0.6) is 0 Å². The first-order chi connectivity index (χ1) is 11.2. The first kappa shape index (κ1) is 18.8. The number of benzene rings is 1. The van der Waals surface area contributed by atoms with Crippen molar-refractivity contribution in [2.24, 2.45) is 0 Å². The van der Waals surface area contributed by atoms with Gasteiger partial charge in [-0.25, -0.2) is 0 Å². The number of anilines is 1. The Morgan fingerprint density at radius 1 is 1.29 bits per heavy atom. The lowest BCUT2D eigenvalue weighted by Gasteiger charge is -2.39. The number of likely N-dealkylation sites (N-methyl/N-ethyl adjacent to an activating group) is 1. The number of rotatable bonds is 4. The standard InChI is InChI=1S/C17H22N4OS.ClH/c1-20(14-4-6-15(23-2)7-5-14)16(22)17(8-11-18-12-9-17)21-13-3-10-19-21;/h3-7,10,13,18H,8-9,11-12H2,1-2H3;1H. The molecule has 5 nitrogen and oxygen atoms in total. The minimum absolute atomic E-state index is 0. The van der Waals surface area contributed by atoms with Gasteiger partial charge in [0.1, 0.15) is 5.54 Å². The van der Waals surface area contributed by atoms with E-state index in [1.54, 1.807) is 22.9 Å². The molecule has 0 atom stereocenters. The van der Waals surface area contributed by atoms with E-state index in [-0.39, 0.29) is 18.3 Å². The summed E-state index contributed by atoms with van der Waals surface area (Å²) in [5, 5.41) is 7.71. The minimum Gasteiger partial charge on any atom is -0.317 e. The second-order valence-electron chi connectivity index (χ2n) is 5.79. The lowest BCUT2D eigenvalue weighted by atomic mass is 9.86. The number of halogens is 1. The van der Waals surface area contributed by atoms with Crippen LogP contribution in [0.25, 0.3) is 0 Å². The average Bonchev–Trinajstić information content (AvgIpc) is 3.16. The van der Waals surface area contributed by atoms with Crippen molar-refractivity contribution in [3.63, 3.8) is 0 Å². The van der Waals surface area contributed by atoms with Gasteiger partial charge in [0.15, 0.2) is 0 Å². The number of nitrogens with zero attached hydrogens (tertiary/aromatic N) is 3. The molecule has 1 fully saturated rings. The zero-order valence-corrected chi connectivity index (χ0v) is 15.6. The summed E-state index contributed by atoms with van der Waals surface area (Å²) in [6.45, 7) is 1.65. The molecule has 1 aromatic carbocycles. The van der Waals surface area contributed by atoms with Gasteiger partial charge >= 0.3 is 0 Å². The van der Waals surface area contributed by atoms with Crippen LogP contribution >= 0.6 is 24.2 Å². The van der Waals surface area contributed by atoms with Crippen LogP contribution in [0.1, 0.15) is 12.8 Å². The number of amides is 1. The van der Waals surface area contributed by atoms with Crippen molar-refractivity contribution in [3.05, 3.63) is 42.7 Å². The third-order valence-electron chi connectivity index (χ3n) is 4.54. The molecule has 130 valence electrons. The maximum Gasteiger partial charge on any atom is 0.254 e. The van der Waals surface area contributed by atoms with Crippen LogP contribution in [0.15, 0.2) is 47.6 Å². The van der Waals surface area contributed by atoms with Gasteiger partial charge in [-0.2, -0.15) is 5.10 Å². The second kappa shape index (κ2) is 8.05. The molecule has 24 heavy (non-hydrogen) atoms. The average molecular weight is 367 g/mol. The Balaban J connectivity index is 0.00000208. The van der Waals surface area contributed by atoms with Crippen LogP contribution in [0.3, 0.4) is 0 Å². The Kier molecular flexibility index (Phi) is 6.32. The summed E-state index contributed by atoms with van der Waals surface area (Å²) in [6, 6.07) is 9.98. The topological polar surface area (TPSA) is 50.2 Å². The predicted molar refractivity (Wildman–Crippen MR) is 101 cm³/mol. The third kappa shape index (κ3) is 3.45. The van der Waals surface area contributed by atoms with E-state index < -0.39 is 5.54 Å². The predicted octanol–water partition coefficient (Wildman–Crippen LogP) is 2.77. The van der Waals surface area contributed by atoms with E-state index >= 15 is 0 Å². The molecule has 1 aliphatic rings. The van der Waals surface area contributed by atoms with Crippen LogP contribution < -0.4 is 10.2 Å². The van der Waals surface area contributed by atoms with Gasteiger partial charge < -0.3 is 10.2 Å². The molecular weight excluding hydrogens is 344 g/mol. The fourth-order valence-electron chi connectivity index (χ4n) is 3.14. The highest BCUT2D eigenvalue weighted by Crippen LogP contribution is 2.31. The summed E-state index contributed by atoms with van der Waals surface area (Å²) in [6.07, 6.45) is 7.19. The summed E-state index contributed by atoms with van der Waals surface area (Å²) >= 11 is 1.70. The summed E-state index contributed by atoms with van der Waals surface area (Å²) in [4.78, 5) is 16.3. The normalized spacial score (nSPS) is 16.2. The Morgan fingerprint density at radius 2 is 1.96 bits per heavy atom. The maximum absolute atomic E-state index is 13.3. The van der Waals surface area contributed by atoms with Crippen LogP contribution in [0.2, 0.25) is 0 Å². The van der Waals surface area contributed by atoms with Gasteiger partial charge in [0.25, 0.3) is 5.91 Å². The van der Waals surface area contributed by atoms with Crippen LogP contribution in [0.4, 0.5) is 5.69 Å². The summed E-state index contributed by atoms with van der Waals surface area (Å²) in [5.74, 6) is 0.0969. The van der Waals surface area contributed by atoms with Gasteiger partial charge in [-0.1, -0.05) is 0 Å². The van der Waals surface area contributed by atoms with Crippen LogP contribution in [-0.4, -0.2) is 42.1 Å². The number of piperidine rings is 1. The third-order valence-corrected chi connectivity index (χ3v) is 5.28. The molecule has 0 aliphatic carbocycles. The minimum atomic E-state index is -0.596. The van der Waals surface area contributed by atoms with E-state index in [9.17, 15) is 4.79 Å². The first-order valence-electron chi connectivity index (χ1n) is 7.80. The summed E-state index contributed by atoms with van der Waals surface area (Å²) in [7, 11) is 1.85. The van der Waals surface area contributed by atoms with Gasteiger partial charge in [0.2, 0.25) is 0 Å². The van der Waals surface area contributed by atoms with Gasteiger partial charge in [0, 0.05) is 30.0 Å². The lowest BCUT2D eigenvalue weighted by molar-refractivity contribution is -0.128. The molecule has 7 heteroatoms. The van der Waals surface area contributed by atoms with E-state index in [1.165, 1.54) is 4.90 Å². The van der Waals surface area contributed by atoms with Crippen molar-refractivity contribution in [3.8, 4) is 0 Å². The fraction of sp³-hybridized carbons (Fsp3) is 0.412. The number of aromatic nitrogens is 2. The Labute approximate surface area is 153 Å². The number of thioether (sulfide) groups is 1. The largest absolute Gasteiger partial charge is 0.317 e. The number of hydrogen-bond donors (Lipinski definition) is 1. The molecule has 1 aromatic heterocycles. The van der Waals surface area contributed by atoms with E-state index in [4.69, 9.17) is 0 Å². The van der Waals surface area contributed by atoms with Crippen LogP contribution in [0, 0.1) is 0 Å². The molecule has 0 spiro atoms. The molecule has 0 bridgehead atoms. The molecular formula is C17H23ClN4OS. The highest BCUT2D eigenvalue weighted by atomic mass is 35.5. The van der Waals surface area contributed by atoms with Crippen molar-refractivity contribution < 1.29 is 4.79 Å².